The molecule has 3 aliphatic heterocycles. The first-order valence-corrected chi connectivity index (χ1v) is 15.9. The number of carbonyl (C=O) groups excluding carboxylic acids is 2. The Morgan fingerprint density at radius 2 is 1.85 bits per heavy atom. The average molecular weight is 668 g/mol. The van der Waals surface area contributed by atoms with Gasteiger partial charge in [0, 0.05) is 62.1 Å². The van der Waals surface area contributed by atoms with Crippen LogP contribution in [0.2, 0.25) is 5.02 Å². The van der Waals surface area contributed by atoms with Crippen LogP contribution in [0.5, 0.6) is 5.75 Å². The molecule has 2 amide bonds. The molecule has 252 valence electrons. The molecule has 0 unspecified atom stereocenters. The van der Waals surface area contributed by atoms with Gasteiger partial charge in [-0.3, -0.25) is 14.3 Å². The van der Waals surface area contributed by atoms with Gasteiger partial charge in [0.1, 0.15) is 11.6 Å². The minimum Gasteiger partial charge on any atom is -0.481 e. The second-order valence-corrected chi connectivity index (χ2v) is 13.0. The van der Waals surface area contributed by atoms with Crippen LogP contribution in [0, 0.1) is 5.41 Å². The van der Waals surface area contributed by atoms with Gasteiger partial charge in [-0.2, -0.15) is 13.9 Å². The van der Waals surface area contributed by atoms with Crippen molar-refractivity contribution in [2.75, 3.05) is 51.3 Å². The van der Waals surface area contributed by atoms with Gasteiger partial charge in [-0.25, -0.2) is 4.79 Å². The summed E-state index contributed by atoms with van der Waals surface area (Å²) in [4.78, 5) is 43.1. The van der Waals surface area contributed by atoms with Gasteiger partial charge in [-0.15, -0.1) is 0 Å². The summed E-state index contributed by atoms with van der Waals surface area (Å²) in [5.41, 5.74) is -1.39. The van der Waals surface area contributed by atoms with Crippen LogP contribution >= 0.6 is 11.6 Å². The predicted molar refractivity (Wildman–Crippen MR) is 163 cm³/mol. The molecule has 1 aromatic carbocycles. The number of alkyl halides is 2. The summed E-state index contributed by atoms with van der Waals surface area (Å²) < 4.78 is 43.5. The van der Waals surface area contributed by atoms with Gasteiger partial charge in [-0.05, 0) is 49.8 Å². The quantitative estimate of drug-likeness (QED) is 0.367. The number of carboxylic acid groups (broad SMARTS) is 1. The lowest BCUT2D eigenvalue weighted by atomic mass is 9.76. The summed E-state index contributed by atoms with van der Waals surface area (Å²) in [6.45, 7) is 3.31. The largest absolute Gasteiger partial charge is 0.481 e. The van der Waals surface area contributed by atoms with E-state index in [-0.39, 0.29) is 73.8 Å². The van der Waals surface area contributed by atoms with Crippen LogP contribution in [0.4, 0.5) is 19.3 Å². The highest BCUT2D eigenvalue weighted by Gasteiger charge is 2.49. The minimum absolute atomic E-state index is 0.0341. The number of benzene rings is 1. The third-order valence-electron chi connectivity index (χ3n) is 9.30. The van der Waals surface area contributed by atoms with Crippen molar-refractivity contribution < 1.29 is 42.5 Å². The SMILES string of the molecule is CC(C)c1ccnn1C1(C(=O)Nc2ccc(Cl)cc2OC(F)F)CCN(CC2(C(=O)O)CCN(C(=O)O[C@@H]3CCOC3)CC2)CC1. The number of hydrogen-bond acceptors (Lipinski definition) is 8. The van der Waals surface area contributed by atoms with Gasteiger partial charge in [0.15, 0.2) is 5.75 Å². The highest BCUT2D eigenvalue weighted by molar-refractivity contribution is 6.30. The molecule has 2 aromatic rings. The molecule has 3 aliphatic rings. The Morgan fingerprint density at radius 1 is 1.13 bits per heavy atom. The molecule has 5 rings (SSSR count). The van der Waals surface area contributed by atoms with Crippen LogP contribution in [0.25, 0.3) is 0 Å². The second kappa shape index (κ2) is 14.1. The molecular formula is C31H40ClF2N5O7. The van der Waals surface area contributed by atoms with E-state index in [1.165, 1.54) is 18.2 Å². The summed E-state index contributed by atoms with van der Waals surface area (Å²) in [6, 6.07) is 5.94. The molecule has 0 saturated carbocycles. The minimum atomic E-state index is -3.12. The molecule has 0 radical (unpaired) electrons. The second-order valence-electron chi connectivity index (χ2n) is 12.5. The number of rotatable bonds is 10. The van der Waals surface area contributed by atoms with E-state index in [9.17, 15) is 28.3 Å². The van der Waals surface area contributed by atoms with E-state index in [0.717, 1.165) is 5.69 Å². The molecule has 1 aromatic heterocycles. The van der Waals surface area contributed by atoms with Crippen LogP contribution in [-0.4, -0.2) is 101 Å². The lowest BCUT2D eigenvalue weighted by Gasteiger charge is -2.46. The Labute approximate surface area is 270 Å². The third kappa shape index (κ3) is 7.23. The first kappa shape index (κ1) is 33.9. The first-order chi connectivity index (χ1) is 21.9. The van der Waals surface area contributed by atoms with Crippen molar-refractivity contribution in [2.45, 2.75) is 70.1 Å². The topological polar surface area (TPSA) is 135 Å². The summed E-state index contributed by atoms with van der Waals surface area (Å²) in [5.74, 6) is -1.61. The van der Waals surface area contributed by atoms with Crippen LogP contribution < -0.4 is 10.1 Å². The number of carboxylic acids is 1. The zero-order valence-corrected chi connectivity index (χ0v) is 26.7. The number of anilines is 1. The molecule has 4 heterocycles. The van der Waals surface area contributed by atoms with Crippen molar-refractivity contribution in [3.8, 4) is 5.75 Å². The van der Waals surface area contributed by atoms with Crippen LogP contribution in [0.1, 0.15) is 57.6 Å². The maximum Gasteiger partial charge on any atom is 0.410 e. The molecule has 0 spiro atoms. The average Bonchev–Trinajstić information content (AvgIpc) is 3.72. The maximum absolute atomic E-state index is 14.2. The van der Waals surface area contributed by atoms with Gasteiger partial charge in [0.25, 0.3) is 5.91 Å². The van der Waals surface area contributed by atoms with E-state index >= 15 is 0 Å². The predicted octanol–water partition coefficient (Wildman–Crippen LogP) is 4.78. The molecule has 3 fully saturated rings. The number of ether oxygens (including phenoxy) is 3. The van der Waals surface area contributed by atoms with E-state index < -0.39 is 35.5 Å². The molecule has 2 N–H and O–H groups in total. The van der Waals surface area contributed by atoms with E-state index in [0.29, 0.717) is 32.7 Å². The number of hydrogen-bond donors (Lipinski definition) is 2. The number of amides is 2. The van der Waals surface area contributed by atoms with Crippen molar-refractivity contribution in [2.24, 2.45) is 5.41 Å². The van der Waals surface area contributed by atoms with Crippen molar-refractivity contribution in [1.29, 1.82) is 0 Å². The fourth-order valence-corrected chi connectivity index (χ4v) is 6.73. The monoisotopic (exact) mass is 667 g/mol. The number of carbonyl (C=O) groups is 3. The fraction of sp³-hybridized carbons (Fsp3) is 0.613. The molecule has 1 atom stereocenters. The van der Waals surface area contributed by atoms with Gasteiger partial charge < -0.3 is 34.4 Å². The Hall–Kier alpha value is -3.49. The van der Waals surface area contributed by atoms with Crippen LogP contribution in [0.15, 0.2) is 30.5 Å². The zero-order valence-electron chi connectivity index (χ0n) is 25.9. The standard InChI is InChI=1S/C31H40ClF2N5O7/c1-20(2)24-5-11-35-39(24)31(26(40)36-23-4-3-21(32)17-25(23)46-28(33)34)9-12-37(13-10-31)19-30(27(41)42)7-14-38(15-8-30)29(43)45-22-6-16-44-18-22/h3-5,11,17,20,22,28H,6-10,12-16,18-19H2,1-2H3,(H,36,40)(H,41,42)/t22-/m1/s1. The van der Waals surface area contributed by atoms with E-state index in [1.807, 2.05) is 24.8 Å². The van der Waals surface area contributed by atoms with Gasteiger partial charge in [0.2, 0.25) is 0 Å². The van der Waals surface area contributed by atoms with E-state index in [2.05, 4.69) is 15.2 Å². The molecule has 0 bridgehead atoms. The number of nitrogens with zero attached hydrogens (tertiary/aromatic N) is 4. The molecule has 3 saturated heterocycles. The van der Waals surface area contributed by atoms with Crippen molar-refractivity contribution in [3.63, 3.8) is 0 Å². The van der Waals surface area contributed by atoms with E-state index in [4.69, 9.17) is 21.1 Å². The van der Waals surface area contributed by atoms with Crippen molar-refractivity contribution in [1.82, 2.24) is 19.6 Å². The molecule has 46 heavy (non-hydrogen) atoms. The van der Waals surface area contributed by atoms with Gasteiger partial charge in [-0.1, -0.05) is 25.4 Å². The molecule has 15 heteroatoms. The van der Waals surface area contributed by atoms with Gasteiger partial charge >= 0.3 is 18.7 Å². The number of piperidine rings is 2. The number of likely N-dealkylation sites (tertiary alicyclic amines) is 2. The highest BCUT2D eigenvalue weighted by Crippen LogP contribution is 2.39. The Bertz CT molecular complexity index is 1400. The smallest absolute Gasteiger partial charge is 0.410 e. The summed E-state index contributed by atoms with van der Waals surface area (Å²) in [5, 5.41) is 17.8. The fourth-order valence-electron chi connectivity index (χ4n) is 6.56. The summed E-state index contributed by atoms with van der Waals surface area (Å²) in [6.07, 6.45) is 2.65. The molecular weight excluding hydrogens is 628 g/mol. The Morgan fingerprint density at radius 3 is 2.46 bits per heavy atom. The summed E-state index contributed by atoms with van der Waals surface area (Å²) >= 11 is 6.01. The van der Waals surface area contributed by atoms with E-state index in [1.54, 1.807) is 15.8 Å². The molecule has 12 nitrogen and oxygen atoms in total. The Balaban J connectivity index is 1.31. The zero-order chi connectivity index (χ0) is 33.1. The van der Waals surface area contributed by atoms with Crippen LogP contribution in [-0.2, 0) is 24.6 Å². The third-order valence-corrected chi connectivity index (χ3v) is 9.53. The number of halogens is 3. The number of aliphatic carboxylic acids is 1. The first-order valence-electron chi connectivity index (χ1n) is 15.5. The lowest BCUT2D eigenvalue weighted by molar-refractivity contribution is -0.154. The van der Waals surface area contributed by atoms with Crippen LogP contribution in [0.3, 0.4) is 0 Å². The highest BCUT2D eigenvalue weighted by atomic mass is 35.5. The van der Waals surface area contributed by atoms with Gasteiger partial charge in [0.05, 0.1) is 24.3 Å². The lowest BCUT2D eigenvalue weighted by Crippen LogP contribution is -2.57. The Kier molecular flexibility index (Phi) is 10.4. The maximum atomic E-state index is 14.2. The normalized spacial score (nSPS) is 21.4. The summed E-state index contributed by atoms with van der Waals surface area (Å²) in [7, 11) is 0. The van der Waals surface area contributed by atoms with Crippen molar-refractivity contribution >= 4 is 35.3 Å². The van der Waals surface area contributed by atoms with Crippen molar-refractivity contribution in [3.05, 3.63) is 41.2 Å². The number of aromatic nitrogens is 2. The number of nitrogens with one attached hydrogen (secondary N) is 1. The molecule has 0 aliphatic carbocycles.